The predicted molar refractivity (Wildman–Crippen MR) is 97.3 cm³/mol. The van der Waals surface area contributed by atoms with Gasteiger partial charge in [-0.1, -0.05) is 53.4 Å². The first-order valence-corrected chi connectivity index (χ1v) is 9.77. The van der Waals surface area contributed by atoms with Gasteiger partial charge in [0.15, 0.2) is 0 Å². The molecule has 0 amide bonds. The fourth-order valence-corrected chi connectivity index (χ4v) is 6.27. The van der Waals surface area contributed by atoms with Crippen LogP contribution in [0.4, 0.5) is 4.39 Å². The van der Waals surface area contributed by atoms with Crippen LogP contribution in [0.15, 0.2) is 58.4 Å². The van der Waals surface area contributed by atoms with Gasteiger partial charge in [-0.25, -0.2) is 4.39 Å². The molecule has 0 fully saturated rings. The Balaban J connectivity index is 1.73. The third-order valence-electron chi connectivity index (χ3n) is 4.79. The molecule has 0 saturated heterocycles. The summed E-state index contributed by atoms with van der Waals surface area (Å²) in [7, 11) is 0. The number of halogens is 1. The summed E-state index contributed by atoms with van der Waals surface area (Å²) in [5.41, 5.74) is 1.74. The van der Waals surface area contributed by atoms with Crippen molar-refractivity contribution in [2.45, 2.75) is 16.2 Å². The second-order valence-electron chi connectivity index (χ2n) is 6.26. The van der Waals surface area contributed by atoms with E-state index in [4.69, 9.17) is 4.74 Å². The van der Waals surface area contributed by atoms with Crippen LogP contribution in [0.2, 0.25) is 0 Å². The molecule has 0 spiro atoms. The minimum atomic E-state index is -0.473. The zero-order chi connectivity index (χ0) is 17.8. The fourth-order valence-electron chi connectivity index (χ4n) is 3.69. The van der Waals surface area contributed by atoms with E-state index >= 15 is 0 Å². The summed E-state index contributed by atoms with van der Waals surface area (Å²) in [6.45, 7) is 0. The number of hydrogen-bond donors (Lipinski definition) is 1. The first kappa shape index (κ1) is 15.8. The first-order valence-electron chi connectivity index (χ1n) is 8.07. The summed E-state index contributed by atoms with van der Waals surface area (Å²) in [4.78, 5) is 28.5. The van der Waals surface area contributed by atoms with Crippen molar-refractivity contribution in [1.29, 1.82) is 0 Å². The molecule has 3 heterocycles. The van der Waals surface area contributed by atoms with Crippen LogP contribution in [-0.2, 0) is 4.79 Å². The molecule has 2 aromatic carbocycles. The van der Waals surface area contributed by atoms with Crippen LogP contribution in [-0.4, -0.2) is 11.0 Å². The van der Waals surface area contributed by atoms with Crippen LogP contribution in [0.3, 0.4) is 0 Å². The second-order valence-corrected chi connectivity index (χ2v) is 8.43. The molecular weight excluding hydrogens is 373 g/mol. The van der Waals surface area contributed by atoms with Gasteiger partial charge in [0, 0.05) is 16.4 Å². The van der Waals surface area contributed by atoms with Gasteiger partial charge in [0.1, 0.15) is 11.6 Å². The van der Waals surface area contributed by atoms with Gasteiger partial charge in [-0.15, -0.1) is 0 Å². The molecule has 0 unspecified atom stereocenters. The van der Waals surface area contributed by atoms with E-state index in [9.17, 15) is 14.0 Å². The maximum Gasteiger partial charge on any atom is 0.316 e. The lowest BCUT2D eigenvalue weighted by Crippen LogP contribution is -2.37. The largest absolute Gasteiger partial charge is 0.426 e. The summed E-state index contributed by atoms with van der Waals surface area (Å²) >= 11 is 2.57. The molecule has 0 aliphatic carbocycles. The molecule has 1 N–H and O–H groups in total. The Morgan fingerprint density at radius 2 is 1.81 bits per heavy atom. The normalized spacial score (nSPS) is 23.6. The molecule has 2 aliphatic heterocycles. The number of ether oxygens (including phenoxy) is 1. The van der Waals surface area contributed by atoms with Gasteiger partial charge in [0.25, 0.3) is 0 Å². The number of aromatic amines is 1. The van der Waals surface area contributed by atoms with Gasteiger partial charge >= 0.3 is 10.8 Å². The number of aromatic nitrogens is 1. The topological polar surface area (TPSA) is 59.2 Å². The molecule has 3 aromatic rings. The molecule has 5 rings (SSSR count). The van der Waals surface area contributed by atoms with Crippen LogP contribution >= 0.6 is 23.1 Å². The van der Waals surface area contributed by atoms with Crippen molar-refractivity contribution >= 4 is 29.1 Å². The number of thiazole rings is 1. The number of H-pyrrole nitrogens is 1. The van der Waals surface area contributed by atoms with E-state index in [2.05, 4.69) is 4.98 Å². The molecule has 4 nitrogen and oxygen atoms in total. The molecule has 130 valence electrons. The number of thioether (sulfide) groups is 1. The van der Waals surface area contributed by atoms with E-state index < -0.39 is 5.92 Å². The lowest BCUT2D eigenvalue weighted by molar-refractivity contribution is -0.140. The monoisotopic (exact) mass is 385 g/mol. The molecule has 0 bridgehead atoms. The van der Waals surface area contributed by atoms with E-state index in [-0.39, 0.29) is 27.8 Å². The molecule has 3 atom stereocenters. The Hall–Kier alpha value is -2.38. The molecule has 0 radical (unpaired) electrons. The summed E-state index contributed by atoms with van der Waals surface area (Å²) < 4.78 is 18.9. The van der Waals surface area contributed by atoms with Crippen molar-refractivity contribution in [3.05, 3.63) is 80.0 Å². The van der Waals surface area contributed by atoms with Gasteiger partial charge in [-0.05, 0) is 23.8 Å². The molecule has 0 saturated carbocycles. The third kappa shape index (κ3) is 2.34. The lowest BCUT2D eigenvalue weighted by atomic mass is 9.78. The van der Waals surface area contributed by atoms with Crippen LogP contribution < -0.4 is 9.61 Å². The average Bonchev–Trinajstić information content (AvgIpc) is 3.01. The standard InChI is InChI=1S/C19H12FNO3S2/c20-10-7-5-9(6-8-10)15-14-13(16-17(25-15)21-19(23)26-16)11-3-1-2-4-12(11)24-18(14)22/h1-8,13-15H,(H,21,23)/t13-,14+,15-/m0/s1. The lowest BCUT2D eigenvalue weighted by Gasteiger charge is -2.39. The molecular formula is C19H12FNO3S2. The Morgan fingerprint density at radius 3 is 2.62 bits per heavy atom. The number of nitrogens with one attached hydrogen (secondary N) is 1. The Morgan fingerprint density at radius 1 is 1.04 bits per heavy atom. The zero-order valence-electron chi connectivity index (χ0n) is 13.3. The first-order chi connectivity index (χ1) is 12.6. The van der Waals surface area contributed by atoms with E-state index in [1.807, 2.05) is 18.2 Å². The van der Waals surface area contributed by atoms with Gasteiger partial charge in [-0.2, -0.15) is 0 Å². The van der Waals surface area contributed by atoms with Crippen molar-refractivity contribution in [2.75, 3.05) is 0 Å². The van der Waals surface area contributed by atoms with Crippen molar-refractivity contribution in [3.63, 3.8) is 0 Å². The van der Waals surface area contributed by atoms with Gasteiger partial charge in [0.05, 0.1) is 16.2 Å². The van der Waals surface area contributed by atoms with E-state index in [0.29, 0.717) is 5.75 Å². The van der Waals surface area contributed by atoms with Gasteiger partial charge in [-0.3, -0.25) is 9.59 Å². The number of hydrogen-bond acceptors (Lipinski definition) is 5. The van der Waals surface area contributed by atoms with E-state index in [1.54, 1.807) is 18.2 Å². The number of esters is 1. The fraction of sp³-hybridized carbons (Fsp3) is 0.158. The smallest absolute Gasteiger partial charge is 0.316 e. The molecule has 1 aromatic heterocycles. The van der Waals surface area contributed by atoms with Gasteiger partial charge < -0.3 is 9.72 Å². The highest BCUT2D eigenvalue weighted by Gasteiger charge is 2.49. The minimum absolute atomic E-state index is 0.141. The maximum atomic E-state index is 13.4. The van der Waals surface area contributed by atoms with Crippen molar-refractivity contribution in [2.24, 2.45) is 5.92 Å². The van der Waals surface area contributed by atoms with Crippen LogP contribution in [0.5, 0.6) is 5.75 Å². The van der Waals surface area contributed by atoms with Crippen LogP contribution in [0, 0.1) is 11.7 Å². The average molecular weight is 385 g/mol. The van der Waals surface area contributed by atoms with Crippen LogP contribution in [0.25, 0.3) is 0 Å². The van der Waals surface area contributed by atoms with Crippen LogP contribution in [0.1, 0.15) is 27.2 Å². The Bertz CT molecular complexity index is 1070. The number of benzene rings is 2. The van der Waals surface area contributed by atoms with E-state index in [1.165, 1.54) is 23.9 Å². The quantitative estimate of drug-likeness (QED) is 0.506. The Kier molecular flexibility index (Phi) is 3.55. The SMILES string of the molecule is O=C1Oc2ccccc2[C@@H]2c3sc(=O)[nH]c3S[C@@H](c3ccc(F)cc3)[C@H]12. The molecule has 7 heteroatoms. The van der Waals surface area contributed by atoms with Crippen molar-refractivity contribution in [1.82, 2.24) is 4.98 Å². The van der Waals surface area contributed by atoms with Crippen molar-refractivity contribution in [3.8, 4) is 5.75 Å². The third-order valence-corrected chi connectivity index (χ3v) is 7.26. The predicted octanol–water partition coefficient (Wildman–Crippen LogP) is 4.09. The number of fused-ring (bicyclic) bond motifs is 5. The molecule has 2 aliphatic rings. The summed E-state index contributed by atoms with van der Waals surface area (Å²) in [5.74, 6) is -0.827. The molecule has 26 heavy (non-hydrogen) atoms. The highest BCUT2D eigenvalue weighted by atomic mass is 32.2. The summed E-state index contributed by atoms with van der Waals surface area (Å²) in [5, 5.41) is 0.513. The van der Waals surface area contributed by atoms with Crippen molar-refractivity contribution < 1.29 is 13.9 Å². The Labute approximate surface area is 156 Å². The van der Waals surface area contributed by atoms with E-state index in [0.717, 1.165) is 32.4 Å². The highest BCUT2D eigenvalue weighted by molar-refractivity contribution is 7.99. The number of carbonyl (C=O) groups excluding carboxylic acids is 1. The number of carbonyl (C=O) groups is 1. The minimum Gasteiger partial charge on any atom is -0.426 e. The summed E-state index contributed by atoms with van der Waals surface area (Å²) in [6.07, 6.45) is 0. The zero-order valence-corrected chi connectivity index (χ0v) is 14.9. The highest BCUT2D eigenvalue weighted by Crippen LogP contribution is 2.58. The maximum absolute atomic E-state index is 13.4. The summed E-state index contributed by atoms with van der Waals surface area (Å²) in [6, 6.07) is 13.6. The second kappa shape index (κ2) is 5.82. The number of para-hydroxylation sites is 1. The van der Waals surface area contributed by atoms with Gasteiger partial charge in [0.2, 0.25) is 0 Å². The number of rotatable bonds is 1.